The van der Waals surface area contributed by atoms with Crippen LogP contribution in [0.1, 0.15) is 121 Å². The molecule has 1 aromatic rings. The van der Waals surface area contributed by atoms with Crippen molar-refractivity contribution in [1.82, 2.24) is 10.6 Å². The largest absolute Gasteiger partial charge is 0.339 e. The van der Waals surface area contributed by atoms with E-state index in [1.54, 1.807) is 0 Å². The third kappa shape index (κ3) is 17.5. The fourth-order valence-corrected chi connectivity index (χ4v) is 4.80. The molecular formula is C29H48Cl3N3OS. The molecule has 0 spiro atoms. The highest BCUT2D eigenvalue weighted by Crippen LogP contribution is 2.29. The Balaban J connectivity index is 2.17. The molecule has 0 saturated heterocycles. The van der Waals surface area contributed by atoms with E-state index in [0.29, 0.717) is 6.42 Å². The Bertz CT molecular complexity index is 786. The number of hydrogen-bond acceptors (Lipinski definition) is 2. The highest BCUT2D eigenvalue weighted by Gasteiger charge is 2.34. The van der Waals surface area contributed by atoms with Crippen LogP contribution in [0.5, 0.6) is 0 Å². The summed E-state index contributed by atoms with van der Waals surface area (Å²) in [7, 11) is 0. The normalized spacial score (nSPS) is 12.3. The molecule has 3 N–H and O–H groups in total. The highest BCUT2D eigenvalue weighted by molar-refractivity contribution is 7.80. The van der Waals surface area contributed by atoms with Crippen LogP contribution in [0.4, 0.5) is 5.69 Å². The van der Waals surface area contributed by atoms with Crippen molar-refractivity contribution in [2.45, 2.75) is 133 Å². The van der Waals surface area contributed by atoms with Crippen molar-refractivity contribution in [3.05, 3.63) is 29.3 Å². The zero-order chi connectivity index (χ0) is 27.5. The Kier molecular flexibility index (Phi) is 18.7. The summed E-state index contributed by atoms with van der Waals surface area (Å²) in [6.45, 7) is 6.25. The van der Waals surface area contributed by atoms with E-state index in [2.05, 4.69) is 22.9 Å². The first-order chi connectivity index (χ1) is 17.6. The molecule has 0 heterocycles. The van der Waals surface area contributed by atoms with Gasteiger partial charge in [-0.2, -0.15) is 0 Å². The zero-order valence-corrected chi connectivity index (χ0v) is 26.2. The maximum Gasteiger partial charge on any atom is 0.228 e. The SMILES string of the molecule is CCCCCCCCCCCCCCCCCC(=O)N[C@H](NC(=S)Nc1cc(C)ccc1C)C(Cl)(Cl)Cl. The molecule has 0 aliphatic carbocycles. The number of alkyl halides is 3. The van der Waals surface area contributed by atoms with Crippen LogP contribution in [0.25, 0.3) is 0 Å². The monoisotopic (exact) mass is 591 g/mol. The number of thiocarbonyl (C=S) groups is 1. The molecular weight excluding hydrogens is 545 g/mol. The maximum absolute atomic E-state index is 12.5. The van der Waals surface area contributed by atoms with Crippen LogP contribution >= 0.6 is 47.0 Å². The predicted molar refractivity (Wildman–Crippen MR) is 167 cm³/mol. The molecule has 0 saturated carbocycles. The molecule has 0 bridgehead atoms. The lowest BCUT2D eigenvalue weighted by atomic mass is 10.0. The van der Waals surface area contributed by atoms with E-state index in [4.69, 9.17) is 47.0 Å². The number of amides is 1. The number of halogens is 3. The van der Waals surface area contributed by atoms with Gasteiger partial charge in [0.05, 0.1) is 0 Å². The Labute approximate surface area is 246 Å². The molecule has 1 aromatic carbocycles. The number of benzene rings is 1. The molecule has 0 fully saturated rings. The number of unbranched alkanes of at least 4 members (excludes halogenated alkanes) is 14. The van der Waals surface area contributed by atoms with E-state index in [-0.39, 0.29) is 11.0 Å². The Hall–Kier alpha value is -0.750. The average molecular weight is 593 g/mol. The number of carbonyl (C=O) groups is 1. The van der Waals surface area contributed by atoms with Gasteiger partial charge in [0.1, 0.15) is 6.17 Å². The van der Waals surface area contributed by atoms with Crippen molar-refractivity contribution in [3.8, 4) is 0 Å². The third-order valence-corrected chi connectivity index (χ3v) is 7.43. The van der Waals surface area contributed by atoms with Gasteiger partial charge in [0, 0.05) is 12.1 Å². The Morgan fingerprint density at radius 1 is 0.811 bits per heavy atom. The van der Waals surface area contributed by atoms with Crippen molar-refractivity contribution in [2.75, 3.05) is 5.32 Å². The number of hydrogen-bond donors (Lipinski definition) is 3. The molecule has 37 heavy (non-hydrogen) atoms. The minimum atomic E-state index is -1.75. The number of carbonyl (C=O) groups excluding carboxylic acids is 1. The van der Waals surface area contributed by atoms with Crippen molar-refractivity contribution in [3.63, 3.8) is 0 Å². The van der Waals surface area contributed by atoms with Gasteiger partial charge in [0.15, 0.2) is 5.11 Å². The summed E-state index contributed by atoms with van der Waals surface area (Å²) < 4.78 is -1.75. The molecule has 212 valence electrons. The van der Waals surface area contributed by atoms with E-state index in [0.717, 1.165) is 36.1 Å². The lowest BCUT2D eigenvalue weighted by Gasteiger charge is -2.28. The van der Waals surface area contributed by atoms with Gasteiger partial charge in [0.25, 0.3) is 0 Å². The van der Waals surface area contributed by atoms with Gasteiger partial charge in [0.2, 0.25) is 9.70 Å². The second-order valence-electron chi connectivity index (χ2n) is 10.2. The minimum absolute atomic E-state index is 0.159. The molecule has 0 aromatic heterocycles. The van der Waals surface area contributed by atoms with Crippen molar-refractivity contribution in [1.29, 1.82) is 0 Å². The first-order valence-electron chi connectivity index (χ1n) is 14.1. The quantitative estimate of drug-likeness (QED) is 0.0648. The average Bonchev–Trinajstić information content (AvgIpc) is 2.83. The highest BCUT2D eigenvalue weighted by atomic mass is 35.6. The molecule has 0 aliphatic rings. The molecule has 4 nitrogen and oxygen atoms in total. The Morgan fingerprint density at radius 3 is 1.78 bits per heavy atom. The first kappa shape index (κ1) is 34.3. The summed E-state index contributed by atoms with van der Waals surface area (Å²) in [4.78, 5) is 12.5. The van der Waals surface area contributed by atoms with Gasteiger partial charge < -0.3 is 16.0 Å². The fraction of sp³-hybridized carbons (Fsp3) is 0.724. The van der Waals surface area contributed by atoms with Crippen LogP contribution in [0.3, 0.4) is 0 Å². The Morgan fingerprint density at radius 2 is 1.30 bits per heavy atom. The summed E-state index contributed by atoms with van der Waals surface area (Å²) in [5.74, 6) is -0.159. The summed E-state index contributed by atoms with van der Waals surface area (Å²) in [5, 5.41) is 9.10. The van der Waals surface area contributed by atoms with Crippen LogP contribution in [-0.4, -0.2) is 21.0 Å². The molecule has 0 unspecified atom stereocenters. The van der Waals surface area contributed by atoms with E-state index >= 15 is 0 Å². The van der Waals surface area contributed by atoms with Crippen molar-refractivity contribution < 1.29 is 4.79 Å². The first-order valence-corrected chi connectivity index (χ1v) is 15.7. The summed E-state index contributed by atoms with van der Waals surface area (Å²) in [6, 6.07) is 6.02. The minimum Gasteiger partial charge on any atom is -0.339 e. The van der Waals surface area contributed by atoms with E-state index in [9.17, 15) is 4.79 Å². The number of aryl methyl sites for hydroxylation is 2. The van der Waals surface area contributed by atoms with Gasteiger partial charge in [-0.15, -0.1) is 0 Å². The molecule has 8 heteroatoms. The topological polar surface area (TPSA) is 53.2 Å². The molecule has 0 aliphatic heterocycles. The van der Waals surface area contributed by atoms with Gasteiger partial charge in [-0.1, -0.05) is 144 Å². The summed E-state index contributed by atoms with van der Waals surface area (Å²) >= 11 is 23.7. The maximum atomic E-state index is 12.5. The van der Waals surface area contributed by atoms with Gasteiger partial charge in [-0.3, -0.25) is 4.79 Å². The lowest BCUT2D eigenvalue weighted by Crippen LogP contribution is -2.56. The number of nitrogens with one attached hydrogen (secondary N) is 3. The van der Waals surface area contributed by atoms with Crippen LogP contribution < -0.4 is 16.0 Å². The van der Waals surface area contributed by atoms with Crippen LogP contribution in [0.15, 0.2) is 18.2 Å². The van der Waals surface area contributed by atoms with Crippen LogP contribution in [0, 0.1) is 13.8 Å². The van der Waals surface area contributed by atoms with Gasteiger partial charge >= 0.3 is 0 Å². The summed E-state index contributed by atoms with van der Waals surface area (Å²) in [5.41, 5.74) is 3.01. The zero-order valence-electron chi connectivity index (χ0n) is 23.1. The second kappa shape index (κ2) is 20.2. The third-order valence-electron chi connectivity index (χ3n) is 6.56. The standard InChI is InChI=1S/C29H48Cl3N3OS/c1-4-5-6-7-8-9-10-11-12-13-14-15-16-17-18-19-26(36)34-27(29(30,31)32)35-28(37)33-25-22-23(2)20-21-24(25)3/h20-22,27H,4-19H2,1-3H3,(H,34,36)(H2,33,35,37)/t27-/m1/s1. The smallest absolute Gasteiger partial charge is 0.228 e. The molecule has 1 atom stereocenters. The van der Waals surface area contributed by atoms with Gasteiger partial charge in [-0.05, 0) is 49.7 Å². The van der Waals surface area contributed by atoms with E-state index in [1.807, 2.05) is 32.0 Å². The molecule has 1 rings (SSSR count). The van der Waals surface area contributed by atoms with Crippen LogP contribution in [0.2, 0.25) is 0 Å². The van der Waals surface area contributed by atoms with E-state index < -0.39 is 9.96 Å². The number of rotatable bonds is 19. The fourth-order valence-electron chi connectivity index (χ4n) is 4.25. The predicted octanol–water partition coefficient (Wildman–Crippen LogP) is 9.66. The number of anilines is 1. The summed E-state index contributed by atoms with van der Waals surface area (Å²) in [6.07, 6.45) is 18.7. The molecule has 0 radical (unpaired) electrons. The lowest BCUT2D eigenvalue weighted by molar-refractivity contribution is -0.122. The van der Waals surface area contributed by atoms with Crippen molar-refractivity contribution in [2.24, 2.45) is 0 Å². The molecule has 1 amide bonds. The van der Waals surface area contributed by atoms with E-state index in [1.165, 1.54) is 77.0 Å². The van der Waals surface area contributed by atoms with Gasteiger partial charge in [-0.25, -0.2) is 0 Å². The van der Waals surface area contributed by atoms with Crippen LogP contribution in [-0.2, 0) is 4.79 Å². The second-order valence-corrected chi connectivity index (χ2v) is 12.9. The van der Waals surface area contributed by atoms with Crippen molar-refractivity contribution >= 4 is 63.7 Å².